The number of carboxylic acid groups (broad SMARTS) is 1. The highest BCUT2D eigenvalue weighted by molar-refractivity contribution is 5.78. The van der Waals surface area contributed by atoms with Gasteiger partial charge in [0.05, 0.1) is 0 Å². The van der Waals surface area contributed by atoms with E-state index < -0.39 is 12.0 Å². The second kappa shape index (κ2) is 6.13. The van der Waals surface area contributed by atoms with Crippen molar-refractivity contribution in [3.63, 3.8) is 0 Å². The normalized spacial score (nSPS) is 12.1. The molecule has 0 fully saturated rings. The number of hydrogen-bond acceptors (Lipinski definition) is 3. The number of hydrogen-bond donors (Lipinski definition) is 2. The number of carboxylic acids is 1. The van der Waals surface area contributed by atoms with Crippen molar-refractivity contribution >= 4 is 17.3 Å². The van der Waals surface area contributed by atoms with E-state index in [1.165, 1.54) is 0 Å². The van der Waals surface area contributed by atoms with Crippen molar-refractivity contribution in [3.8, 4) is 0 Å². The van der Waals surface area contributed by atoms with Crippen LogP contribution in [0.5, 0.6) is 0 Å². The molecule has 0 bridgehead atoms. The van der Waals surface area contributed by atoms with Gasteiger partial charge in [-0.1, -0.05) is 13.8 Å². The van der Waals surface area contributed by atoms with E-state index in [4.69, 9.17) is 5.73 Å². The van der Waals surface area contributed by atoms with Crippen LogP contribution in [0.4, 0.5) is 11.4 Å². The van der Waals surface area contributed by atoms with Crippen LogP contribution in [-0.2, 0) is 4.79 Å². The number of nitrogens with two attached hydrogens (primary N) is 1. The van der Waals surface area contributed by atoms with Crippen LogP contribution in [0, 0.1) is 0 Å². The lowest BCUT2D eigenvalue weighted by atomic mass is 10.1. The number of carbonyl (C=O) groups is 1. The molecule has 4 nitrogen and oxygen atoms in total. The zero-order valence-corrected chi connectivity index (χ0v) is 10.4. The van der Waals surface area contributed by atoms with Gasteiger partial charge >= 0.3 is 5.97 Å². The molecule has 0 amide bonds. The minimum absolute atomic E-state index is 0.474. The Morgan fingerprint density at radius 1 is 1.35 bits per heavy atom. The molecule has 0 spiro atoms. The lowest BCUT2D eigenvalue weighted by Gasteiger charge is -2.30. The predicted octanol–water partition coefficient (Wildman–Crippen LogP) is 2.35. The van der Waals surface area contributed by atoms with Crippen molar-refractivity contribution in [2.75, 3.05) is 17.2 Å². The molecule has 0 aliphatic heterocycles. The summed E-state index contributed by atoms with van der Waals surface area (Å²) in [6.07, 6.45) is 1.49. The van der Waals surface area contributed by atoms with Crippen LogP contribution >= 0.6 is 0 Å². The maximum Gasteiger partial charge on any atom is 0.326 e. The first-order valence-electron chi connectivity index (χ1n) is 5.95. The minimum Gasteiger partial charge on any atom is -0.480 e. The molecule has 0 aromatic heterocycles. The number of nitrogen functional groups attached to an aromatic ring is 1. The van der Waals surface area contributed by atoms with Gasteiger partial charge in [0.25, 0.3) is 0 Å². The van der Waals surface area contributed by atoms with Gasteiger partial charge in [-0.3, -0.25) is 0 Å². The largest absolute Gasteiger partial charge is 0.480 e. The minimum atomic E-state index is -0.780. The highest BCUT2D eigenvalue weighted by Gasteiger charge is 2.23. The molecule has 0 radical (unpaired) electrons. The Balaban J connectivity index is 2.98. The first kappa shape index (κ1) is 13.4. The van der Waals surface area contributed by atoms with Gasteiger partial charge in [-0.2, -0.15) is 0 Å². The number of benzene rings is 1. The zero-order valence-electron chi connectivity index (χ0n) is 10.4. The summed E-state index contributed by atoms with van der Waals surface area (Å²) in [5.41, 5.74) is 7.24. The lowest BCUT2D eigenvalue weighted by Crippen LogP contribution is -2.41. The number of anilines is 2. The SMILES string of the molecule is CCCN(c1ccc(N)cc1)C(CC)C(=O)O. The van der Waals surface area contributed by atoms with Crippen molar-refractivity contribution in [1.29, 1.82) is 0 Å². The summed E-state index contributed by atoms with van der Waals surface area (Å²) in [6, 6.07) is 6.87. The Kier molecular flexibility index (Phi) is 4.82. The Morgan fingerprint density at radius 3 is 2.35 bits per heavy atom. The monoisotopic (exact) mass is 236 g/mol. The van der Waals surface area contributed by atoms with E-state index >= 15 is 0 Å². The third-order valence-corrected chi connectivity index (χ3v) is 2.74. The number of rotatable bonds is 6. The fraction of sp³-hybridized carbons (Fsp3) is 0.462. The van der Waals surface area contributed by atoms with Crippen LogP contribution in [0.2, 0.25) is 0 Å². The molecule has 0 heterocycles. The lowest BCUT2D eigenvalue weighted by molar-refractivity contribution is -0.138. The van der Waals surface area contributed by atoms with Crippen LogP contribution in [0.3, 0.4) is 0 Å². The summed E-state index contributed by atoms with van der Waals surface area (Å²) in [5.74, 6) is -0.780. The van der Waals surface area contributed by atoms with Crippen LogP contribution in [-0.4, -0.2) is 23.7 Å². The van der Waals surface area contributed by atoms with E-state index in [0.717, 1.165) is 18.7 Å². The molecule has 3 N–H and O–H groups in total. The van der Waals surface area contributed by atoms with Crippen molar-refractivity contribution in [2.24, 2.45) is 0 Å². The topological polar surface area (TPSA) is 66.6 Å². The van der Waals surface area contributed by atoms with Gasteiger partial charge in [0.1, 0.15) is 6.04 Å². The Morgan fingerprint density at radius 2 is 1.94 bits per heavy atom. The summed E-state index contributed by atoms with van der Waals surface area (Å²) in [4.78, 5) is 13.1. The Labute approximate surface area is 102 Å². The summed E-state index contributed by atoms with van der Waals surface area (Å²) >= 11 is 0. The van der Waals surface area contributed by atoms with Crippen LogP contribution < -0.4 is 10.6 Å². The van der Waals surface area contributed by atoms with E-state index in [9.17, 15) is 9.90 Å². The van der Waals surface area contributed by atoms with Gasteiger partial charge in [0.2, 0.25) is 0 Å². The van der Waals surface area contributed by atoms with Crippen LogP contribution in [0.1, 0.15) is 26.7 Å². The maximum absolute atomic E-state index is 11.2. The molecule has 94 valence electrons. The van der Waals surface area contributed by atoms with Crippen molar-refractivity contribution in [1.82, 2.24) is 0 Å². The predicted molar refractivity (Wildman–Crippen MR) is 70.2 cm³/mol. The van der Waals surface area contributed by atoms with Gasteiger partial charge < -0.3 is 15.7 Å². The first-order chi connectivity index (χ1) is 8.10. The van der Waals surface area contributed by atoms with Crippen molar-refractivity contribution in [3.05, 3.63) is 24.3 Å². The van der Waals surface area contributed by atoms with E-state index in [2.05, 4.69) is 0 Å². The fourth-order valence-corrected chi connectivity index (χ4v) is 1.90. The van der Waals surface area contributed by atoms with Crippen molar-refractivity contribution < 1.29 is 9.90 Å². The third kappa shape index (κ3) is 3.37. The molecule has 0 aliphatic carbocycles. The zero-order chi connectivity index (χ0) is 12.8. The average molecular weight is 236 g/mol. The van der Waals surface area contributed by atoms with Crippen molar-refractivity contribution in [2.45, 2.75) is 32.7 Å². The van der Waals surface area contributed by atoms with Gasteiger partial charge in [-0.25, -0.2) is 4.79 Å². The molecular formula is C13H20N2O2. The van der Waals surface area contributed by atoms with Gasteiger partial charge in [0.15, 0.2) is 0 Å². The van der Waals surface area contributed by atoms with Crippen LogP contribution in [0.15, 0.2) is 24.3 Å². The molecule has 17 heavy (non-hydrogen) atoms. The summed E-state index contributed by atoms with van der Waals surface area (Å²) in [7, 11) is 0. The van der Waals surface area contributed by atoms with Gasteiger partial charge in [-0.05, 0) is 37.1 Å². The average Bonchev–Trinajstić information content (AvgIpc) is 2.29. The summed E-state index contributed by atoms with van der Waals surface area (Å²) in [5, 5.41) is 9.22. The van der Waals surface area contributed by atoms with E-state index in [1.54, 1.807) is 12.1 Å². The van der Waals surface area contributed by atoms with Crippen LogP contribution in [0.25, 0.3) is 0 Å². The molecule has 1 atom stereocenters. The molecule has 4 heteroatoms. The standard InChI is InChI=1S/C13H20N2O2/c1-3-9-15(12(4-2)13(16)17)11-7-5-10(14)6-8-11/h5-8,12H,3-4,9,14H2,1-2H3,(H,16,17). The molecule has 0 saturated heterocycles. The molecular weight excluding hydrogens is 216 g/mol. The van der Waals surface area contributed by atoms with E-state index in [-0.39, 0.29) is 0 Å². The molecule has 1 aromatic carbocycles. The Bertz CT molecular complexity index is 362. The first-order valence-corrected chi connectivity index (χ1v) is 5.95. The highest BCUT2D eigenvalue weighted by Crippen LogP contribution is 2.20. The Hall–Kier alpha value is -1.71. The van der Waals surface area contributed by atoms with Gasteiger partial charge in [0, 0.05) is 17.9 Å². The third-order valence-electron chi connectivity index (χ3n) is 2.74. The molecule has 0 saturated carbocycles. The molecule has 1 aromatic rings. The maximum atomic E-state index is 11.2. The highest BCUT2D eigenvalue weighted by atomic mass is 16.4. The summed E-state index contributed by atoms with van der Waals surface area (Å²) in [6.45, 7) is 4.66. The summed E-state index contributed by atoms with van der Waals surface area (Å²) < 4.78 is 0. The van der Waals surface area contributed by atoms with Gasteiger partial charge in [-0.15, -0.1) is 0 Å². The van der Waals surface area contributed by atoms with E-state index in [1.807, 2.05) is 30.9 Å². The molecule has 1 unspecified atom stereocenters. The second-order valence-corrected chi connectivity index (χ2v) is 4.05. The number of nitrogens with zero attached hydrogens (tertiary/aromatic N) is 1. The number of aliphatic carboxylic acids is 1. The molecule has 0 aliphatic rings. The molecule has 1 rings (SSSR count). The smallest absolute Gasteiger partial charge is 0.326 e. The fourth-order valence-electron chi connectivity index (χ4n) is 1.90. The van der Waals surface area contributed by atoms with E-state index in [0.29, 0.717) is 12.1 Å². The quantitative estimate of drug-likeness (QED) is 0.744. The second-order valence-electron chi connectivity index (χ2n) is 4.05.